The summed E-state index contributed by atoms with van der Waals surface area (Å²) in [5.41, 5.74) is 18.3. The summed E-state index contributed by atoms with van der Waals surface area (Å²) in [6.45, 7) is 3.04. The number of ketones is 1. The fraction of sp³-hybridized carbons (Fsp3) is 0.562. The molecule has 3 unspecified atom stereocenters. The van der Waals surface area contributed by atoms with Gasteiger partial charge in [-0.2, -0.15) is 13.2 Å². The smallest absolute Gasteiger partial charge is 0.369 e. The van der Waals surface area contributed by atoms with Gasteiger partial charge >= 0.3 is 6.18 Å². The minimum Gasteiger partial charge on any atom is -0.369 e. The number of unbranched alkanes of at least 4 members (excludes halogenated alkanes) is 1. The van der Waals surface area contributed by atoms with Crippen LogP contribution in [0, 0.1) is 0 Å². The highest BCUT2D eigenvalue weighted by Gasteiger charge is 2.41. The molecule has 0 aromatic heterocycles. The number of primary amides is 1. The van der Waals surface area contributed by atoms with E-state index in [1.807, 2.05) is 30.3 Å². The van der Waals surface area contributed by atoms with Gasteiger partial charge in [-0.3, -0.25) is 14.5 Å². The molecule has 0 bridgehead atoms. The number of rotatable bonds is 9. The molecule has 9 heteroatoms. The highest BCUT2D eigenvalue weighted by Crippen LogP contribution is 2.51. The van der Waals surface area contributed by atoms with Crippen LogP contribution < -0.4 is 16.4 Å². The number of carbonyl (C=O) groups is 2. The van der Waals surface area contributed by atoms with Gasteiger partial charge in [0.1, 0.15) is 0 Å². The van der Waals surface area contributed by atoms with Gasteiger partial charge in [-0.15, -0.1) is 0 Å². The second-order valence-electron chi connectivity index (χ2n) is 11.8. The number of fused-ring (bicyclic) bond motifs is 3. The van der Waals surface area contributed by atoms with Crippen LogP contribution in [0.25, 0.3) is 11.1 Å². The number of benzene rings is 2. The first-order valence-electron chi connectivity index (χ1n) is 15.1. The molecule has 1 aliphatic carbocycles. The molecular formula is C32H41F3N4O2. The Labute approximate surface area is 240 Å². The molecule has 2 aliphatic heterocycles. The van der Waals surface area contributed by atoms with Gasteiger partial charge in [0, 0.05) is 18.7 Å². The van der Waals surface area contributed by atoms with Gasteiger partial charge in [-0.25, -0.2) is 0 Å². The number of nitrogens with two attached hydrogens (primary N) is 2. The van der Waals surface area contributed by atoms with Crippen LogP contribution in [0.5, 0.6) is 0 Å². The molecule has 0 spiro atoms. The Morgan fingerprint density at radius 1 is 1.02 bits per heavy atom. The van der Waals surface area contributed by atoms with Crippen molar-refractivity contribution in [2.45, 2.75) is 95.4 Å². The summed E-state index contributed by atoms with van der Waals surface area (Å²) in [5.74, 6) is -1.22. The van der Waals surface area contributed by atoms with Crippen molar-refractivity contribution in [1.29, 1.82) is 0 Å². The van der Waals surface area contributed by atoms with Crippen LogP contribution in [0.1, 0.15) is 97.7 Å². The molecule has 5 rings (SSSR count). The molecule has 2 fully saturated rings. The maximum atomic E-state index is 14.6. The Morgan fingerprint density at radius 2 is 1.76 bits per heavy atom. The molecule has 3 aliphatic rings. The number of halogens is 3. The van der Waals surface area contributed by atoms with Crippen molar-refractivity contribution in [3.05, 3.63) is 52.6 Å². The average Bonchev–Trinajstić information content (AvgIpc) is 3.29. The largest absolute Gasteiger partial charge is 0.390 e. The SMILES string of the molecule is CCCCc1c2c(cc(C(=O)C3CCCCN3CCC(F)(F)F)c1N1CCCCC1N)-c1ccccc1C2C(N)=O. The summed E-state index contributed by atoms with van der Waals surface area (Å²) in [7, 11) is 0. The maximum absolute atomic E-state index is 14.6. The number of nitrogens with zero attached hydrogens (tertiary/aromatic N) is 2. The first kappa shape index (κ1) is 29.6. The molecule has 0 saturated carbocycles. The molecule has 3 atom stereocenters. The topological polar surface area (TPSA) is 92.7 Å². The van der Waals surface area contributed by atoms with E-state index >= 15 is 0 Å². The highest BCUT2D eigenvalue weighted by molar-refractivity contribution is 6.09. The van der Waals surface area contributed by atoms with E-state index in [0.29, 0.717) is 31.5 Å². The molecule has 2 saturated heterocycles. The number of anilines is 1. The Balaban J connectivity index is 1.71. The zero-order valence-corrected chi connectivity index (χ0v) is 23.8. The van der Waals surface area contributed by atoms with E-state index in [4.69, 9.17) is 11.5 Å². The standard InChI is InChI=1S/C32H41F3N4O2/c1-2-3-10-22-27-23(20-11-4-5-12-21(20)28(27)31(37)41)19-24(29(22)39-17-9-7-14-26(39)36)30(40)25-13-6-8-16-38(25)18-15-32(33,34)35/h4-5,11-12,19,25-26,28H,2-3,6-10,13-18,36H2,1H3,(H2,37,41). The van der Waals surface area contributed by atoms with E-state index in [1.54, 1.807) is 4.90 Å². The number of hydrogen-bond acceptors (Lipinski definition) is 5. The summed E-state index contributed by atoms with van der Waals surface area (Å²) >= 11 is 0. The van der Waals surface area contributed by atoms with E-state index in [9.17, 15) is 22.8 Å². The highest BCUT2D eigenvalue weighted by atomic mass is 19.4. The van der Waals surface area contributed by atoms with E-state index in [2.05, 4.69) is 11.8 Å². The fourth-order valence-electron chi connectivity index (χ4n) is 7.10. The Kier molecular flexibility index (Phi) is 8.76. The van der Waals surface area contributed by atoms with Crippen LogP contribution in [0.15, 0.2) is 30.3 Å². The van der Waals surface area contributed by atoms with E-state index < -0.39 is 30.5 Å². The molecule has 0 radical (unpaired) electrons. The van der Waals surface area contributed by atoms with E-state index in [1.165, 1.54) is 0 Å². The summed E-state index contributed by atoms with van der Waals surface area (Å²) in [6.07, 6.45) is 1.65. The normalized spacial score (nSPS) is 22.9. The summed E-state index contributed by atoms with van der Waals surface area (Å²) in [6, 6.07) is 8.93. The Bertz CT molecular complexity index is 1290. The van der Waals surface area contributed by atoms with Gasteiger partial charge in [0.25, 0.3) is 0 Å². The number of amides is 1. The molecule has 222 valence electrons. The number of alkyl halides is 3. The second-order valence-corrected chi connectivity index (χ2v) is 11.8. The zero-order valence-electron chi connectivity index (χ0n) is 23.8. The molecule has 6 nitrogen and oxygen atoms in total. The fourth-order valence-corrected chi connectivity index (χ4v) is 7.10. The summed E-state index contributed by atoms with van der Waals surface area (Å²) in [5, 5.41) is 0. The van der Waals surface area contributed by atoms with Gasteiger partial charge in [0.2, 0.25) is 5.91 Å². The third kappa shape index (κ3) is 5.89. The van der Waals surface area contributed by atoms with Gasteiger partial charge < -0.3 is 16.4 Å². The molecule has 4 N–H and O–H groups in total. The van der Waals surface area contributed by atoms with Crippen LogP contribution in [0.2, 0.25) is 0 Å². The molecule has 1 amide bonds. The Hall–Kier alpha value is -2.91. The van der Waals surface area contributed by atoms with Crippen LogP contribution in [-0.4, -0.2) is 54.6 Å². The molecule has 2 heterocycles. The lowest BCUT2D eigenvalue weighted by Gasteiger charge is -2.40. The van der Waals surface area contributed by atoms with Crippen LogP contribution >= 0.6 is 0 Å². The lowest BCUT2D eigenvalue weighted by atomic mass is 9.83. The van der Waals surface area contributed by atoms with Crippen molar-refractivity contribution in [2.75, 3.05) is 24.5 Å². The maximum Gasteiger partial charge on any atom is 0.390 e. The van der Waals surface area contributed by atoms with E-state index in [-0.39, 0.29) is 18.5 Å². The molecular weight excluding hydrogens is 529 g/mol. The predicted molar refractivity (Wildman–Crippen MR) is 155 cm³/mol. The number of carbonyl (C=O) groups excluding carboxylic acids is 2. The monoisotopic (exact) mass is 570 g/mol. The van der Waals surface area contributed by atoms with Crippen molar-refractivity contribution in [2.24, 2.45) is 11.5 Å². The minimum absolute atomic E-state index is 0.153. The van der Waals surface area contributed by atoms with Crippen LogP contribution in [-0.2, 0) is 11.2 Å². The Morgan fingerprint density at radius 3 is 2.46 bits per heavy atom. The molecule has 41 heavy (non-hydrogen) atoms. The number of hydrogen-bond donors (Lipinski definition) is 2. The third-order valence-corrected chi connectivity index (χ3v) is 9.06. The first-order valence-corrected chi connectivity index (χ1v) is 15.1. The molecule has 2 aromatic rings. The van der Waals surface area contributed by atoms with Crippen molar-refractivity contribution in [1.82, 2.24) is 4.90 Å². The van der Waals surface area contributed by atoms with Crippen molar-refractivity contribution >= 4 is 17.4 Å². The van der Waals surface area contributed by atoms with E-state index in [0.717, 1.165) is 78.5 Å². The molecule has 2 aromatic carbocycles. The summed E-state index contributed by atoms with van der Waals surface area (Å²) in [4.78, 5) is 31.4. The first-order chi connectivity index (χ1) is 19.6. The van der Waals surface area contributed by atoms with Crippen LogP contribution in [0.3, 0.4) is 0 Å². The predicted octanol–water partition coefficient (Wildman–Crippen LogP) is 5.89. The van der Waals surface area contributed by atoms with Crippen molar-refractivity contribution in [3.8, 4) is 11.1 Å². The van der Waals surface area contributed by atoms with Gasteiger partial charge in [0.05, 0.1) is 30.2 Å². The number of likely N-dealkylation sites (tertiary alicyclic amines) is 1. The second kappa shape index (κ2) is 12.1. The van der Waals surface area contributed by atoms with Crippen molar-refractivity contribution in [3.63, 3.8) is 0 Å². The number of Topliss-reactive ketones (excluding diaryl/α,β-unsaturated/α-hetero) is 1. The lowest BCUT2D eigenvalue weighted by molar-refractivity contribution is -0.139. The quantitative estimate of drug-likeness (QED) is 0.367. The average molecular weight is 571 g/mol. The third-order valence-electron chi connectivity index (χ3n) is 9.06. The summed E-state index contributed by atoms with van der Waals surface area (Å²) < 4.78 is 39.6. The van der Waals surface area contributed by atoms with Gasteiger partial charge in [-0.1, -0.05) is 44.0 Å². The minimum atomic E-state index is -4.29. The lowest BCUT2D eigenvalue weighted by Crippen LogP contribution is -2.49. The zero-order chi connectivity index (χ0) is 29.3. The van der Waals surface area contributed by atoms with Gasteiger partial charge in [-0.05, 0) is 85.4 Å². The van der Waals surface area contributed by atoms with Gasteiger partial charge in [0.15, 0.2) is 5.78 Å². The van der Waals surface area contributed by atoms with Crippen molar-refractivity contribution < 1.29 is 22.8 Å². The number of piperidine rings is 2. The van der Waals surface area contributed by atoms with Crippen LogP contribution in [0.4, 0.5) is 18.9 Å².